The summed E-state index contributed by atoms with van der Waals surface area (Å²) in [4.78, 5) is 11.5. The maximum Gasteiger partial charge on any atom is 0.455 e. The van der Waals surface area contributed by atoms with Crippen LogP contribution in [-0.4, -0.2) is 37.3 Å². The molecule has 0 bridgehead atoms. The zero-order chi connectivity index (χ0) is 18.5. The van der Waals surface area contributed by atoms with Gasteiger partial charge >= 0.3 is 18.1 Å². The van der Waals surface area contributed by atoms with Gasteiger partial charge in [0.05, 0.1) is 19.6 Å². The fraction of sp³-hybridized carbons (Fsp3) is 0.533. The van der Waals surface area contributed by atoms with Crippen molar-refractivity contribution in [2.45, 2.75) is 44.5 Å². The number of ether oxygens (including phenoxy) is 2. The molecule has 0 fully saturated rings. The molecule has 0 radical (unpaired) electrons. The number of carbonyl (C=O) groups excluding carboxylic acids is 1. The third-order valence-corrected chi connectivity index (χ3v) is 2.98. The molecule has 136 valence electrons. The van der Waals surface area contributed by atoms with Crippen molar-refractivity contribution in [3.8, 4) is 5.75 Å². The third kappa shape index (κ3) is 5.24. The summed E-state index contributed by atoms with van der Waals surface area (Å²) in [5.74, 6) is -5.87. The maximum absolute atomic E-state index is 13.7. The molecule has 1 atom stereocenters. The molecular weight excluding hydrogens is 337 g/mol. The fourth-order valence-corrected chi connectivity index (χ4v) is 1.83. The Morgan fingerprint density at radius 1 is 1.12 bits per heavy atom. The largest absolute Gasteiger partial charge is 0.497 e. The van der Waals surface area contributed by atoms with Crippen LogP contribution in [0.5, 0.6) is 5.75 Å². The molecule has 1 rings (SSSR count). The predicted octanol–water partition coefficient (Wildman–Crippen LogP) is 4.02. The maximum atomic E-state index is 13.7. The molecule has 0 unspecified atom stereocenters. The van der Waals surface area contributed by atoms with Crippen LogP contribution < -0.4 is 10.1 Å². The summed E-state index contributed by atoms with van der Waals surface area (Å²) in [5.41, 5.74) is -0.0120. The van der Waals surface area contributed by atoms with E-state index in [1.54, 1.807) is 0 Å². The predicted molar refractivity (Wildman–Crippen MR) is 77.3 cm³/mol. The van der Waals surface area contributed by atoms with Gasteiger partial charge in [0.15, 0.2) is 0 Å². The van der Waals surface area contributed by atoms with Crippen LogP contribution in [0.3, 0.4) is 0 Å². The number of methoxy groups -OCH3 is 1. The lowest BCUT2D eigenvalue weighted by atomic mass is 10.1. The molecule has 9 heteroatoms. The van der Waals surface area contributed by atoms with Crippen LogP contribution in [0.25, 0.3) is 0 Å². The van der Waals surface area contributed by atoms with Crippen LogP contribution >= 0.6 is 0 Å². The van der Waals surface area contributed by atoms with E-state index in [2.05, 4.69) is 10.1 Å². The van der Waals surface area contributed by atoms with Gasteiger partial charge in [0, 0.05) is 5.69 Å². The Hall–Kier alpha value is -2.06. The first kappa shape index (κ1) is 20.0. The van der Waals surface area contributed by atoms with E-state index in [0.717, 1.165) is 0 Å². The Morgan fingerprint density at radius 3 is 2.08 bits per heavy atom. The van der Waals surface area contributed by atoms with Crippen molar-refractivity contribution in [1.82, 2.24) is 0 Å². The van der Waals surface area contributed by atoms with Gasteiger partial charge in [0.2, 0.25) is 0 Å². The molecular formula is C15H18F5NO3. The van der Waals surface area contributed by atoms with Gasteiger partial charge in [-0.2, -0.15) is 22.0 Å². The average molecular weight is 355 g/mol. The molecule has 1 aromatic rings. The van der Waals surface area contributed by atoms with Crippen molar-refractivity contribution in [3.05, 3.63) is 24.3 Å². The smallest absolute Gasteiger partial charge is 0.455 e. The number of esters is 1. The van der Waals surface area contributed by atoms with E-state index in [0.29, 0.717) is 5.75 Å². The second kappa shape index (κ2) is 7.67. The summed E-state index contributed by atoms with van der Waals surface area (Å²) in [6, 6.07) is 2.81. The lowest BCUT2D eigenvalue weighted by molar-refractivity contribution is -0.287. The highest BCUT2D eigenvalue weighted by atomic mass is 19.4. The molecule has 0 saturated heterocycles. The molecule has 0 aliphatic heterocycles. The monoisotopic (exact) mass is 355 g/mol. The highest BCUT2D eigenvalue weighted by Gasteiger charge is 2.62. The number of rotatable bonds is 7. The van der Waals surface area contributed by atoms with Crippen LogP contribution in [0.1, 0.15) is 20.3 Å². The quantitative estimate of drug-likeness (QED) is 0.593. The summed E-state index contributed by atoms with van der Waals surface area (Å²) in [6.07, 6.45) is -7.58. The molecule has 0 amide bonds. The minimum Gasteiger partial charge on any atom is -0.497 e. The van der Waals surface area contributed by atoms with Crippen molar-refractivity contribution in [3.63, 3.8) is 0 Å². The van der Waals surface area contributed by atoms with Crippen molar-refractivity contribution < 1.29 is 36.2 Å². The summed E-state index contributed by atoms with van der Waals surface area (Å²) < 4.78 is 74.9. The lowest BCUT2D eigenvalue weighted by Gasteiger charge is -2.29. The lowest BCUT2D eigenvalue weighted by Crippen LogP contribution is -2.51. The standard InChI is InChI=1S/C15H18F5NO3/c1-9(2)24-13(22)8-12(14(16,17)15(18,19)20)21-10-4-6-11(23-3)7-5-10/h4-7,9,12,21H,8H2,1-3H3/t12-/m1/s1. The Balaban J connectivity index is 3.01. The summed E-state index contributed by atoms with van der Waals surface area (Å²) in [6.45, 7) is 2.93. The number of carbonyl (C=O) groups is 1. The van der Waals surface area contributed by atoms with Gasteiger partial charge in [-0.15, -0.1) is 0 Å². The Bertz CT molecular complexity index is 543. The van der Waals surface area contributed by atoms with E-state index in [1.807, 2.05) is 0 Å². The SMILES string of the molecule is COc1ccc(N[C@H](CC(=O)OC(C)C)C(F)(F)C(F)(F)F)cc1. The average Bonchev–Trinajstić information content (AvgIpc) is 2.45. The van der Waals surface area contributed by atoms with Gasteiger partial charge in [0.1, 0.15) is 11.8 Å². The van der Waals surface area contributed by atoms with Crippen molar-refractivity contribution in [2.75, 3.05) is 12.4 Å². The molecule has 0 spiro atoms. The topological polar surface area (TPSA) is 47.6 Å². The molecule has 1 N–H and O–H groups in total. The molecule has 24 heavy (non-hydrogen) atoms. The highest BCUT2D eigenvalue weighted by molar-refractivity contribution is 5.71. The summed E-state index contributed by atoms with van der Waals surface area (Å²) in [5, 5.41) is 2.05. The van der Waals surface area contributed by atoms with Crippen LogP contribution in [0, 0.1) is 0 Å². The molecule has 0 aliphatic carbocycles. The van der Waals surface area contributed by atoms with E-state index in [-0.39, 0.29) is 5.69 Å². The first-order chi connectivity index (χ1) is 11.0. The highest BCUT2D eigenvalue weighted by Crippen LogP contribution is 2.40. The van der Waals surface area contributed by atoms with Gasteiger partial charge in [-0.05, 0) is 38.1 Å². The van der Waals surface area contributed by atoms with E-state index in [9.17, 15) is 26.7 Å². The molecule has 4 nitrogen and oxygen atoms in total. The second-order valence-corrected chi connectivity index (χ2v) is 5.29. The van der Waals surface area contributed by atoms with Gasteiger partial charge in [-0.1, -0.05) is 0 Å². The zero-order valence-electron chi connectivity index (χ0n) is 13.3. The van der Waals surface area contributed by atoms with E-state index < -0.39 is 36.6 Å². The Morgan fingerprint density at radius 2 is 1.67 bits per heavy atom. The first-order valence-corrected chi connectivity index (χ1v) is 7.02. The molecule has 0 aromatic heterocycles. The third-order valence-electron chi connectivity index (χ3n) is 2.98. The number of halogens is 5. The minimum atomic E-state index is -5.81. The molecule has 0 aliphatic rings. The molecule has 0 heterocycles. The van der Waals surface area contributed by atoms with Crippen LogP contribution in [0.4, 0.5) is 27.6 Å². The number of hydrogen-bond acceptors (Lipinski definition) is 4. The zero-order valence-corrected chi connectivity index (χ0v) is 13.3. The van der Waals surface area contributed by atoms with E-state index in [1.165, 1.54) is 45.2 Å². The van der Waals surface area contributed by atoms with Crippen molar-refractivity contribution >= 4 is 11.7 Å². The first-order valence-electron chi connectivity index (χ1n) is 7.02. The van der Waals surface area contributed by atoms with Crippen LogP contribution in [-0.2, 0) is 9.53 Å². The number of alkyl halides is 5. The Kier molecular flexibility index (Phi) is 6.39. The molecule has 0 saturated carbocycles. The van der Waals surface area contributed by atoms with E-state index in [4.69, 9.17) is 4.74 Å². The van der Waals surface area contributed by atoms with Gasteiger partial charge in [-0.3, -0.25) is 4.79 Å². The number of nitrogens with one attached hydrogen (secondary N) is 1. The second-order valence-electron chi connectivity index (χ2n) is 5.29. The van der Waals surface area contributed by atoms with Crippen molar-refractivity contribution in [1.29, 1.82) is 0 Å². The van der Waals surface area contributed by atoms with Gasteiger partial charge < -0.3 is 14.8 Å². The normalized spacial score (nSPS) is 13.5. The van der Waals surface area contributed by atoms with E-state index >= 15 is 0 Å². The number of hydrogen-bond donors (Lipinski definition) is 1. The summed E-state index contributed by atoms with van der Waals surface area (Å²) in [7, 11) is 1.38. The van der Waals surface area contributed by atoms with Crippen LogP contribution in [0.2, 0.25) is 0 Å². The molecule has 1 aromatic carbocycles. The Labute approximate surface area is 135 Å². The summed E-state index contributed by atoms with van der Waals surface area (Å²) >= 11 is 0. The van der Waals surface area contributed by atoms with Crippen molar-refractivity contribution in [2.24, 2.45) is 0 Å². The van der Waals surface area contributed by atoms with Crippen LogP contribution in [0.15, 0.2) is 24.3 Å². The number of benzene rings is 1. The fourth-order valence-electron chi connectivity index (χ4n) is 1.83. The van der Waals surface area contributed by atoms with Gasteiger partial charge in [-0.25, -0.2) is 0 Å². The minimum absolute atomic E-state index is 0.0120. The van der Waals surface area contributed by atoms with Gasteiger partial charge in [0.25, 0.3) is 0 Å². The number of anilines is 1.